The predicted octanol–water partition coefficient (Wildman–Crippen LogP) is 4.33. The molecular weight excluding hydrogens is 513 g/mol. The number of benzene rings is 2. The molecule has 192 valence electrons. The molecule has 5 rings (SSSR count). The number of carbonyl (C=O) groups is 1. The van der Waals surface area contributed by atoms with Gasteiger partial charge < -0.3 is 14.4 Å². The second-order valence-electron chi connectivity index (χ2n) is 8.47. The second kappa shape index (κ2) is 9.07. The quantitative estimate of drug-likeness (QED) is 0.407. The largest absolute Gasteiger partial charge is 0.465 e. The van der Waals surface area contributed by atoms with Gasteiger partial charge in [0, 0.05) is 36.2 Å². The molecule has 37 heavy (non-hydrogen) atoms. The Balaban J connectivity index is 1.73. The SMILES string of the molecule is CS(=O)(=O)c1cc(-c2cc3c(cc2F)nc2n3C(c3ccccc3OC(F)F)CN(C(=O)O)C2)ccn1. The number of pyridine rings is 1. The van der Waals surface area contributed by atoms with Crippen molar-refractivity contribution < 1.29 is 36.2 Å². The first-order valence-electron chi connectivity index (χ1n) is 10.9. The fourth-order valence-corrected chi connectivity index (χ4v) is 5.09. The summed E-state index contributed by atoms with van der Waals surface area (Å²) in [6, 6.07) is 10.6. The number of ether oxygens (including phenoxy) is 1. The van der Waals surface area contributed by atoms with Crippen LogP contribution in [0.3, 0.4) is 0 Å². The van der Waals surface area contributed by atoms with Gasteiger partial charge in [-0.05, 0) is 29.8 Å². The van der Waals surface area contributed by atoms with Crippen molar-refractivity contribution in [1.82, 2.24) is 19.4 Å². The third kappa shape index (κ3) is 4.57. The molecule has 1 amide bonds. The molecule has 0 saturated carbocycles. The molecule has 0 aliphatic carbocycles. The molecule has 1 aliphatic heterocycles. The average molecular weight is 533 g/mol. The van der Waals surface area contributed by atoms with Crippen molar-refractivity contribution in [3.05, 3.63) is 71.9 Å². The second-order valence-corrected chi connectivity index (χ2v) is 10.4. The van der Waals surface area contributed by atoms with Gasteiger partial charge in [-0.2, -0.15) is 8.78 Å². The van der Waals surface area contributed by atoms with E-state index >= 15 is 4.39 Å². The molecule has 13 heteroatoms. The number of aromatic nitrogens is 3. The van der Waals surface area contributed by atoms with Crippen LogP contribution in [0.4, 0.5) is 18.0 Å². The maximum absolute atomic E-state index is 15.2. The highest BCUT2D eigenvalue weighted by atomic mass is 32.2. The summed E-state index contributed by atoms with van der Waals surface area (Å²) in [5.41, 5.74) is 1.25. The van der Waals surface area contributed by atoms with E-state index in [1.165, 1.54) is 42.6 Å². The fourth-order valence-electron chi connectivity index (χ4n) is 4.49. The highest BCUT2D eigenvalue weighted by Gasteiger charge is 2.34. The zero-order chi connectivity index (χ0) is 26.5. The van der Waals surface area contributed by atoms with Crippen LogP contribution in [0, 0.1) is 5.82 Å². The Morgan fingerprint density at radius 1 is 1.19 bits per heavy atom. The maximum atomic E-state index is 15.2. The lowest BCUT2D eigenvalue weighted by Crippen LogP contribution is -2.41. The Labute approximate surface area is 208 Å². The molecule has 3 heterocycles. The lowest BCUT2D eigenvalue weighted by molar-refractivity contribution is -0.0508. The molecule has 2 aromatic carbocycles. The summed E-state index contributed by atoms with van der Waals surface area (Å²) >= 11 is 0. The lowest BCUT2D eigenvalue weighted by atomic mass is 10.0. The maximum Gasteiger partial charge on any atom is 0.407 e. The minimum Gasteiger partial charge on any atom is -0.465 e. The molecule has 0 spiro atoms. The number of sulfone groups is 1. The standard InChI is InChI=1S/C24H19F3N4O5S/c1-37(34,35)22-8-13(6-7-28-22)15-9-18-17(10-16(15)25)29-21-12-30(24(32)33)11-19(31(18)21)14-4-2-3-5-20(14)36-23(26)27/h2-10,19,23H,11-12H2,1H3,(H,32,33). The highest BCUT2D eigenvalue weighted by molar-refractivity contribution is 7.90. The van der Waals surface area contributed by atoms with Crippen molar-refractivity contribution in [2.45, 2.75) is 24.2 Å². The number of hydrogen-bond donors (Lipinski definition) is 1. The van der Waals surface area contributed by atoms with Gasteiger partial charge in [-0.15, -0.1) is 0 Å². The first-order chi connectivity index (χ1) is 17.5. The van der Waals surface area contributed by atoms with Gasteiger partial charge in [0.2, 0.25) is 0 Å². The lowest BCUT2D eigenvalue weighted by Gasteiger charge is -2.34. The van der Waals surface area contributed by atoms with Gasteiger partial charge in [0.1, 0.15) is 17.4 Å². The van der Waals surface area contributed by atoms with E-state index in [-0.39, 0.29) is 46.3 Å². The van der Waals surface area contributed by atoms with Crippen molar-refractivity contribution in [2.24, 2.45) is 0 Å². The molecule has 0 radical (unpaired) electrons. The molecular formula is C24H19F3N4O5S. The van der Waals surface area contributed by atoms with Crippen LogP contribution in [0.15, 0.2) is 59.8 Å². The van der Waals surface area contributed by atoms with Crippen LogP contribution in [0.25, 0.3) is 22.2 Å². The van der Waals surface area contributed by atoms with Crippen LogP contribution in [-0.2, 0) is 16.4 Å². The normalized spacial score (nSPS) is 15.7. The summed E-state index contributed by atoms with van der Waals surface area (Å²) in [5, 5.41) is 9.44. The van der Waals surface area contributed by atoms with E-state index in [0.717, 1.165) is 11.2 Å². The Morgan fingerprint density at radius 3 is 2.65 bits per heavy atom. The summed E-state index contributed by atoms with van der Waals surface area (Å²) in [4.78, 5) is 21.2. The van der Waals surface area contributed by atoms with Crippen LogP contribution in [0.1, 0.15) is 17.4 Å². The van der Waals surface area contributed by atoms with E-state index in [9.17, 15) is 27.1 Å². The van der Waals surface area contributed by atoms with Crippen molar-refractivity contribution in [3.63, 3.8) is 0 Å². The average Bonchev–Trinajstić information content (AvgIpc) is 3.19. The van der Waals surface area contributed by atoms with E-state index in [1.807, 2.05) is 0 Å². The van der Waals surface area contributed by atoms with Gasteiger partial charge in [-0.1, -0.05) is 18.2 Å². The molecule has 1 aliphatic rings. The number of fused-ring (bicyclic) bond motifs is 3. The fraction of sp³-hybridized carbons (Fsp3) is 0.208. The number of alkyl halides is 2. The van der Waals surface area contributed by atoms with E-state index in [2.05, 4.69) is 9.97 Å². The van der Waals surface area contributed by atoms with Crippen LogP contribution in [0.5, 0.6) is 5.75 Å². The van der Waals surface area contributed by atoms with Gasteiger partial charge >= 0.3 is 12.7 Å². The van der Waals surface area contributed by atoms with Crippen LogP contribution >= 0.6 is 0 Å². The number of halogens is 3. The number of imidazole rings is 1. The molecule has 0 fully saturated rings. The molecule has 1 N–H and O–H groups in total. The summed E-state index contributed by atoms with van der Waals surface area (Å²) in [6.45, 7) is -3.31. The molecule has 1 atom stereocenters. The summed E-state index contributed by atoms with van der Waals surface area (Å²) < 4.78 is 71.8. The topological polar surface area (TPSA) is 115 Å². The monoisotopic (exact) mass is 532 g/mol. The number of para-hydroxylation sites is 1. The number of amides is 1. The third-order valence-corrected chi connectivity index (χ3v) is 7.06. The molecule has 1 unspecified atom stereocenters. The van der Waals surface area contributed by atoms with E-state index in [0.29, 0.717) is 11.1 Å². The van der Waals surface area contributed by atoms with Gasteiger partial charge in [-0.25, -0.2) is 27.6 Å². The molecule has 9 nitrogen and oxygen atoms in total. The zero-order valence-corrected chi connectivity index (χ0v) is 20.0. The van der Waals surface area contributed by atoms with Gasteiger partial charge in [0.15, 0.2) is 14.9 Å². The smallest absolute Gasteiger partial charge is 0.407 e. The van der Waals surface area contributed by atoms with Gasteiger partial charge in [0.05, 0.1) is 23.6 Å². The van der Waals surface area contributed by atoms with Crippen molar-refractivity contribution in [1.29, 1.82) is 0 Å². The first kappa shape index (κ1) is 24.6. The van der Waals surface area contributed by atoms with Crippen LogP contribution in [-0.4, -0.2) is 58.5 Å². The summed E-state index contributed by atoms with van der Waals surface area (Å²) in [6.07, 6.45) is 1.02. The minimum atomic E-state index is -3.65. The predicted molar refractivity (Wildman–Crippen MR) is 126 cm³/mol. The molecule has 2 aromatic heterocycles. The minimum absolute atomic E-state index is 0.0685. The number of nitrogens with zero attached hydrogens (tertiary/aromatic N) is 4. The van der Waals surface area contributed by atoms with Crippen LogP contribution in [0.2, 0.25) is 0 Å². The summed E-state index contributed by atoms with van der Waals surface area (Å²) in [7, 11) is -3.65. The van der Waals surface area contributed by atoms with Gasteiger partial charge in [0.25, 0.3) is 0 Å². The molecule has 4 aromatic rings. The Morgan fingerprint density at radius 2 is 1.95 bits per heavy atom. The molecule has 0 bridgehead atoms. The van der Waals surface area contributed by atoms with Crippen molar-refractivity contribution >= 4 is 27.0 Å². The Kier molecular flexibility index (Phi) is 6.02. The first-order valence-corrected chi connectivity index (χ1v) is 12.8. The highest BCUT2D eigenvalue weighted by Crippen LogP contribution is 2.38. The summed E-state index contributed by atoms with van der Waals surface area (Å²) in [5.74, 6) is -0.526. The van der Waals surface area contributed by atoms with Crippen molar-refractivity contribution in [2.75, 3.05) is 12.8 Å². The number of hydrogen-bond acceptors (Lipinski definition) is 6. The van der Waals surface area contributed by atoms with Crippen LogP contribution < -0.4 is 4.74 Å². The zero-order valence-electron chi connectivity index (χ0n) is 19.2. The van der Waals surface area contributed by atoms with E-state index < -0.39 is 34.4 Å². The Hall–Kier alpha value is -4.13. The number of carboxylic acid groups (broad SMARTS) is 1. The van der Waals surface area contributed by atoms with E-state index in [4.69, 9.17) is 4.74 Å². The number of rotatable bonds is 5. The Bertz CT molecular complexity index is 1640. The van der Waals surface area contributed by atoms with Gasteiger partial charge in [-0.3, -0.25) is 4.90 Å². The van der Waals surface area contributed by atoms with Crippen molar-refractivity contribution in [3.8, 4) is 16.9 Å². The third-order valence-electron chi connectivity index (χ3n) is 6.08. The molecule has 0 saturated heterocycles. The van der Waals surface area contributed by atoms with E-state index in [1.54, 1.807) is 16.7 Å².